The molecule has 7 nitrogen and oxygen atoms in total. The van der Waals surface area contributed by atoms with Gasteiger partial charge in [0.05, 0.1) is 23.1 Å². The Kier molecular flexibility index (Phi) is 2.97. The van der Waals surface area contributed by atoms with Crippen molar-refractivity contribution in [3.05, 3.63) is 58.4 Å². The third-order valence-electron chi connectivity index (χ3n) is 4.76. The lowest BCUT2D eigenvalue weighted by molar-refractivity contribution is 0.777. The summed E-state index contributed by atoms with van der Waals surface area (Å²) in [4.78, 5) is 22.1. The predicted octanol–water partition coefficient (Wildman–Crippen LogP) is 2.42. The van der Waals surface area contributed by atoms with Gasteiger partial charge in [0.25, 0.3) is 5.56 Å². The summed E-state index contributed by atoms with van der Waals surface area (Å²) in [6, 6.07) is 7.70. The van der Waals surface area contributed by atoms with E-state index < -0.39 is 0 Å². The monoisotopic (exact) mass is 342 g/mol. The number of nitrogens with zero attached hydrogens (tertiary/aromatic N) is 6. The van der Waals surface area contributed by atoms with Gasteiger partial charge in [-0.05, 0) is 31.0 Å². The molecule has 1 aliphatic rings. The molecule has 4 aromatic rings. The number of fused-ring (bicyclic) bond motifs is 3. The first kappa shape index (κ1) is 14.8. The Hall–Kier alpha value is -3.53. The summed E-state index contributed by atoms with van der Waals surface area (Å²) in [5.74, 6) is 0.302. The van der Waals surface area contributed by atoms with Crippen molar-refractivity contribution in [2.24, 2.45) is 7.05 Å². The van der Waals surface area contributed by atoms with E-state index in [1.807, 2.05) is 12.1 Å². The number of rotatable bonds is 2. The summed E-state index contributed by atoms with van der Waals surface area (Å²) in [6.45, 7) is 0. The minimum Gasteiger partial charge on any atom is -0.274 e. The van der Waals surface area contributed by atoms with Gasteiger partial charge in [0.1, 0.15) is 11.7 Å². The van der Waals surface area contributed by atoms with Crippen molar-refractivity contribution in [1.82, 2.24) is 24.3 Å². The molecule has 0 unspecified atom stereocenters. The molecule has 126 valence electrons. The van der Waals surface area contributed by atoms with Crippen molar-refractivity contribution in [2.45, 2.75) is 18.8 Å². The molecular formula is C19H14N6O. The van der Waals surface area contributed by atoms with Crippen LogP contribution in [0.2, 0.25) is 0 Å². The smallest absolute Gasteiger partial charge is 0.274 e. The van der Waals surface area contributed by atoms with Crippen LogP contribution in [0, 0.1) is 11.3 Å². The fourth-order valence-electron chi connectivity index (χ4n) is 3.41. The van der Waals surface area contributed by atoms with Crippen LogP contribution in [-0.2, 0) is 7.05 Å². The average Bonchev–Trinajstić information content (AvgIpc) is 3.43. The molecule has 1 saturated carbocycles. The first-order valence-corrected chi connectivity index (χ1v) is 8.41. The highest BCUT2D eigenvalue weighted by atomic mass is 16.1. The van der Waals surface area contributed by atoms with Crippen LogP contribution in [0.15, 0.2) is 41.6 Å². The van der Waals surface area contributed by atoms with E-state index in [1.54, 1.807) is 41.0 Å². The van der Waals surface area contributed by atoms with Crippen LogP contribution in [0.25, 0.3) is 27.6 Å². The molecule has 0 radical (unpaired) electrons. The minimum atomic E-state index is -0.236. The molecule has 1 fully saturated rings. The lowest BCUT2D eigenvalue weighted by Crippen LogP contribution is -2.21. The van der Waals surface area contributed by atoms with Crippen LogP contribution in [-0.4, -0.2) is 24.3 Å². The highest BCUT2D eigenvalue weighted by molar-refractivity contribution is 6.03. The summed E-state index contributed by atoms with van der Waals surface area (Å²) in [5, 5.41) is 15.4. The van der Waals surface area contributed by atoms with Crippen LogP contribution in [0.3, 0.4) is 0 Å². The first-order chi connectivity index (χ1) is 12.7. The molecule has 5 rings (SSSR count). The molecule has 0 spiro atoms. The van der Waals surface area contributed by atoms with E-state index in [-0.39, 0.29) is 5.56 Å². The second kappa shape index (κ2) is 5.23. The van der Waals surface area contributed by atoms with E-state index >= 15 is 0 Å². The summed E-state index contributed by atoms with van der Waals surface area (Å²) in [7, 11) is 1.77. The van der Waals surface area contributed by atoms with E-state index in [2.05, 4.69) is 16.2 Å². The number of hydrogen-bond acceptors (Lipinski definition) is 5. The number of pyridine rings is 3. The van der Waals surface area contributed by atoms with Gasteiger partial charge in [-0.1, -0.05) is 0 Å². The Morgan fingerprint density at radius 3 is 2.85 bits per heavy atom. The Labute approximate surface area is 148 Å². The summed E-state index contributed by atoms with van der Waals surface area (Å²) < 4.78 is 3.16. The van der Waals surface area contributed by atoms with Crippen LogP contribution in [0.1, 0.15) is 30.0 Å². The molecular weight excluding hydrogens is 328 g/mol. The van der Waals surface area contributed by atoms with Crippen LogP contribution >= 0.6 is 0 Å². The van der Waals surface area contributed by atoms with Gasteiger partial charge in [0.2, 0.25) is 0 Å². The molecule has 0 aromatic carbocycles. The second-order valence-electron chi connectivity index (χ2n) is 6.60. The fraction of sp³-hybridized carbons (Fsp3) is 0.211. The van der Waals surface area contributed by atoms with Gasteiger partial charge in [-0.3, -0.25) is 19.0 Å². The van der Waals surface area contributed by atoms with Crippen molar-refractivity contribution in [1.29, 1.82) is 5.26 Å². The standard InChI is InChI=1S/C19H14N6O/c1-24-10-15-14-7-12(8-20)16(11-4-5-11)22-18(14)25(19(26)17(15)23-24)13-3-2-6-21-9-13/h2-3,6-7,9-11H,4-5H2,1H3. The van der Waals surface area contributed by atoms with E-state index in [1.165, 1.54) is 0 Å². The topological polar surface area (TPSA) is 89.4 Å². The Bertz CT molecular complexity index is 1280. The van der Waals surface area contributed by atoms with Crippen molar-refractivity contribution >= 4 is 21.9 Å². The zero-order valence-corrected chi connectivity index (χ0v) is 14.0. The number of hydrogen-bond donors (Lipinski definition) is 0. The summed E-state index contributed by atoms with van der Waals surface area (Å²) in [5.41, 5.74) is 2.65. The van der Waals surface area contributed by atoms with Crippen LogP contribution in [0.4, 0.5) is 0 Å². The van der Waals surface area contributed by atoms with Gasteiger partial charge in [-0.15, -0.1) is 0 Å². The van der Waals surface area contributed by atoms with Gasteiger partial charge >= 0.3 is 0 Å². The summed E-state index contributed by atoms with van der Waals surface area (Å²) in [6.07, 6.45) is 7.14. The van der Waals surface area contributed by atoms with Gasteiger partial charge in [-0.2, -0.15) is 10.4 Å². The quantitative estimate of drug-likeness (QED) is 0.558. The molecule has 26 heavy (non-hydrogen) atoms. The molecule has 0 amide bonds. The van der Waals surface area contributed by atoms with Crippen LogP contribution in [0.5, 0.6) is 0 Å². The molecule has 0 saturated heterocycles. The number of nitriles is 1. The highest BCUT2D eigenvalue weighted by Gasteiger charge is 2.29. The normalized spacial score (nSPS) is 14.0. The van der Waals surface area contributed by atoms with E-state index in [0.717, 1.165) is 23.9 Å². The molecule has 0 aliphatic heterocycles. The van der Waals surface area contributed by atoms with Gasteiger partial charge in [0.15, 0.2) is 5.52 Å². The lowest BCUT2D eigenvalue weighted by Gasteiger charge is -2.12. The summed E-state index contributed by atoms with van der Waals surface area (Å²) >= 11 is 0. The molecule has 0 bridgehead atoms. The van der Waals surface area contributed by atoms with Gasteiger partial charge in [0, 0.05) is 36.1 Å². The predicted molar refractivity (Wildman–Crippen MR) is 96.1 cm³/mol. The molecule has 4 aromatic heterocycles. The maximum absolute atomic E-state index is 13.2. The van der Waals surface area contributed by atoms with Crippen molar-refractivity contribution < 1.29 is 0 Å². The fourth-order valence-corrected chi connectivity index (χ4v) is 3.41. The van der Waals surface area contributed by atoms with E-state index in [9.17, 15) is 10.1 Å². The third-order valence-corrected chi connectivity index (χ3v) is 4.76. The Morgan fingerprint density at radius 1 is 1.31 bits per heavy atom. The maximum Gasteiger partial charge on any atom is 0.285 e. The van der Waals surface area contributed by atoms with Gasteiger partial charge < -0.3 is 0 Å². The highest BCUT2D eigenvalue weighted by Crippen LogP contribution is 2.41. The SMILES string of the molecule is Cn1cc2c(n1)c(=O)n(-c1cccnc1)c1nc(C3CC3)c(C#N)cc21. The molecule has 1 aliphatic carbocycles. The van der Waals surface area contributed by atoms with E-state index in [0.29, 0.717) is 33.7 Å². The van der Waals surface area contributed by atoms with Gasteiger partial charge in [-0.25, -0.2) is 4.98 Å². The Balaban J connectivity index is 2.01. The van der Waals surface area contributed by atoms with Crippen molar-refractivity contribution in [3.63, 3.8) is 0 Å². The first-order valence-electron chi connectivity index (χ1n) is 8.41. The van der Waals surface area contributed by atoms with E-state index in [4.69, 9.17) is 4.98 Å². The average molecular weight is 342 g/mol. The van der Waals surface area contributed by atoms with Crippen LogP contribution < -0.4 is 5.56 Å². The largest absolute Gasteiger partial charge is 0.285 e. The van der Waals surface area contributed by atoms with Crippen molar-refractivity contribution in [2.75, 3.05) is 0 Å². The zero-order valence-electron chi connectivity index (χ0n) is 14.0. The van der Waals surface area contributed by atoms with Crippen molar-refractivity contribution in [3.8, 4) is 11.8 Å². The Morgan fingerprint density at radius 2 is 2.15 bits per heavy atom. The molecule has 7 heteroatoms. The second-order valence-corrected chi connectivity index (χ2v) is 6.60. The maximum atomic E-state index is 13.2. The number of aryl methyl sites for hydroxylation is 1. The molecule has 4 heterocycles. The zero-order chi connectivity index (χ0) is 17.8. The molecule has 0 atom stereocenters. The minimum absolute atomic E-state index is 0.236. The lowest BCUT2D eigenvalue weighted by atomic mass is 10.1. The number of aromatic nitrogens is 5. The third kappa shape index (κ3) is 2.05. The molecule has 0 N–H and O–H groups in total.